The molecule has 0 saturated carbocycles. The van der Waals surface area contributed by atoms with E-state index in [9.17, 15) is 4.79 Å². The zero-order chi connectivity index (χ0) is 15.5. The highest BCUT2D eigenvalue weighted by Crippen LogP contribution is 2.22. The van der Waals surface area contributed by atoms with Crippen molar-refractivity contribution in [2.75, 3.05) is 18.4 Å². The van der Waals surface area contributed by atoms with E-state index >= 15 is 0 Å². The fraction of sp³-hybridized carbons (Fsp3) is 0.400. The number of aryl methyl sites for hydroxylation is 1. The van der Waals surface area contributed by atoms with Gasteiger partial charge in [0.15, 0.2) is 5.76 Å². The molecule has 1 aliphatic rings. The van der Waals surface area contributed by atoms with Crippen LogP contribution in [0.4, 0.5) is 5.82 Å². The van der Waals surface area contributed by atoms with Crippen molar-refractivity contribution in [1.29, 1.82) is 0 Å². The van der Waals surface area contributed by atoms with Crippen LogP contribution in [0.15, 0.2) is 29.0 Å². The molecule has 0 bridgehead atoms. The number of rotatable bonds is 3. The number of nitrogens with zero attached hydrogens (tertiary/aromatic N) is 3. The predicted molar refractivity (Wildman–Crippen MR) is 83.0 cm³/mol. The molecule has 3 heterocycles. The van der Waals surface area contributed by atoms with E-state index in [1.54, 1.807) is 18.3 Å². The lowest BCUT2D eigenvalue weighted by molar-refractivity contribution is 0.0686. The minimum atomic E-state index is -0.0561. The molecule has 0 unspecified atom stereocenters. The Balaban J connectivity index is 1.58. The van der Waals surface area contributed by atoms with E-state index < -0.39 is 0 Å². The van der Waals surface area contributed by atoms with Gasteiger partial charge in [-0.2, -0.15) is 0 Å². The normalized spacial score (nSPS) is 15.8. The van der Waals surface area contributed by atoms with Gasteiger partial charge in [0.2, 0.25) is 0 Å². The number of halogens is 1. The van der Waals surface area contributed by atoms with Crippen molar-refractivity contribution in [3.63, 3.8) is 0 Å². The molecule has 0 aliphatic carbocycles. The molecule has 0 radical (unpaired) electrons. The molecule has 1 fully saturated rings. The van der Waals surface area contributed by atoms with Gasteiger partial charge < -0.3 is 14.6 Å². The molecule has 0 spiro atoms. The minimum absolute atomic E-state index is 0.0561. The Hall–Kier alpha value is -2.08. The van der Waals surface area contributed by atoms with Gasteiger partial charge in [-0.05, 0) is 31.9 Å². The molecule has 1 aliphatic heterocycles. The van der Waals surface area contributed by atoms with Crippen molar-refractivity contribution in [2.24, 2.45) is 0 Å². The Morgan fingerprint density at radius 2 is 2.23 bits per heavy atom. The molecule has 0 aromatic carbocycles. The van der Waals surface area contributed by atoms with Crippen LogP contribution >= 0.6 is 11.6 Å². The number of anilines is 1. The topological polar surface area (TPSA) is 71.3 Å². The Morgan fingerprint density at radius 1 is 1.45 bits per heavy atom. The van der Waals surface area contributed by atoms with Crippen LogP contribution in [0, 0.1) is 6.92 Å². The molecular weight excluding hydrogens is 304 g/mol. The van der Waals surface area contributed by atoms with Crippen molar-refractivity contribution in [2.45, 2.75) is 25.8 Å². The van der Waals surface area contributed by atoms with Gasteiger partial charge in [0.25, 0.3) is 5.91 Å². The summed E-state index contributed by atoms with van der Waals surface area (Å²) in [5.41, 5.74) is 0. The van der Waals surface area contributed by atoms with Crippen LogP contribution in [0.3, 0.4) is 0 Å². The van der Waals surface area contributed by atoms with E-state index in [0.29, 0.717) is 35.5 Å². The smallest absolute Gasteiger partial charge is 0.289 e. The summed E-state index contributed by atoms with van der Waals surface area (Å²) in [6.45, 7) is 3.18. The first-order valence-electron chi connectivity index (χ1n) is 7.22. The summed E-state index contributed by atoms with van der Waals surface area (Å²) < 4.78 is 5.16. The largest absolute Gasteiger partial charge is 0.459 e. The fourth-order valence-electron chi connectivity index (χ4n) is 2.53. The van der Waals surface area contributed by atoms with Gasteiger partial charge in [-0.1, -0.05) is 11.6 Å². The van der Waals surface area contributed by atoms with E-state index in [1.807, 2.05) is 11.8 Å². The second-order valence-electron chi connectivity index (χ2n) is 5.30. The number of piperidine rings is 1. The lowest BCUT2D eigenvalue weighted by Crippen LogP contribution is -2.42. The van der Waals surface area contributed by atoms with Gasteiger partial charge in [0.05, 0.1) is 12.5 Å². The number of amides is 1. The fourth-order valence-corrected chi connectivity index (χ4v) is 2.68. The Kier molecular flexibility index (Phi) is 4.29. The van der Waals surface area contributed by atoms with Crippen LogP contribution in [-0.2, 0) is 0 Å². The number of carbonyl (C=O) groups excluding carboxylic acids is 1. The average molecular weight is 321 g/mol. The predicted octanol–water partition coefficient (Wildman–Crippen LogP) is 2.75. The van der Waals surface area contributed by atoms with Gasteiger partial charge in [0.1, 0.15) is 16.7 Å². The third-order valence-corrected chi connectivity index (χ3v) is 4.00. The maximum absolute atomic E-state index is 12.2. The molecule has 6 nitrogen and oxygen atoms in total. The first-order chi connectivity index (χ1) is 10.6. The molecule has 116 valence electrons. The Morgan fingerprint density at radius 3 is 2.91 bits per heavy atom. The lowest BCUT2D eigenvalue weighted by Gasteiger charge is -2.32. The number of nitrogens with one attached hydrogen (secondary N) is 1. The van der Waals surface area contributed by atoms with Gasteiger partial charge >= 0.3 is 0 Å². The summed E-state index contributed by atoms with van der Waals surface area (Å²) in [5.74, 6) is 1.67. The quantitative estimate of drug-likeness (QED) is 0.941. The molecule has 22 heavy (non-hydrogen) atoms. The average Bonchev–Trinajstić information content (AvgIpc) is 3.05. The van der Waals surface area contributed by atoms with Crippen LogP contribution in [0.2, 0.25) is 5.02 Å². The SMILES string of the molecule is Cc1ncc(Cl)c(NC2CCN(C(=O)c3ccco3)CC2)n1. The van der Waals surface area contributed by atoms with Crippen molar-refractivity contribution in [1.82, 2.24) is 14.9 Å². The van der Waals surface area contributed by atoms with Crippen molar-refractivity contribution < 1.29 is 9.21 Å². The van der Waals surface area contributed by atoms with E-state index in [4.69, 9.17) is 16.0 Å². The van der Waals surface area contributed by atoms with Gasteiger partial charge in [-0.25, -0.2) is 9.97 Å². The number of hydrogen-bond acceptors (Lipinski definition) is 5. The van der Waals surface area contributed by atoms with E-state index in [1.165, 1.54) is 6.26 Å². The maximum Gasteiger partial charge on any atom is 0.289 e. The monoisotopic (exact) mass is 320 g/mol. The van der Waals surface area contributed by atoms with Gasteiger partial charge in [0, 0.05) is 19.1 Å². The molecule has 7 heteroatoms. The molecule has 1 N–H and O–H groups in total. The number of likely N-dealkylation sites (tertiary alicyclic amines) is 1. The first kappa shape index (κ1) is 14.8. The molecule has 1 amide bonds. The number of furan rings is 1. The third-order valence-electron chi connectivity index (χ3n) is 3.72. The zero-order valence-corrected chi connectivity index (χ0v) is 13.0. The van der Waals surface area contributed by atoms with Crippen LogP contribution in [0.1, 0.15) is 29.2 Å². The summed E-state index contributed by atoms with van der Waals surface area (Å²) in [6.07, 6.45) is 4.79. The Labute approximate surface area is 133 Å². The third kappa shape index (κ3) is 3.22. The van der Waals surface area contributed by atoms with Crippen molar-refractivity contribution in [3.8, 4) is 0 Å². The summed E-state index contributed by atoms with van der Waals surface area (Å²) in [6, 6.07) is 3.66. The lowest BCUT2D eigenvalue weighted by atomic mass is 10.0. The van der Waals surface area contributed by atoms with Crippen LogP contribution in [-0.4, -0.2) is 39.9 Å². The summed E-state index contributed by atoms with van der Waals surface area (Å²) >= 11 is 6.10. The summed E-state index contributed by atoms with van der Waals surface area (Å²) in [7, 11) is 0. The maximum atomic E-state index is 12.2. The van der Waals surface area contributed by atoms with Crippen LogP contribution < -0.4 is 5.32 Å². The Bertz CT molecular complexity index is 652. The number of hydrogen-bond donors (Lipinski definition) is 1. The number of carbonyl (C=O) groups is 1. The standard InChI is InChI=1S/C15H17ClN4O2/c1-10-17-9-12(16)14(18-10)19-11-4-6-20(7-5-11)15(21)13-3-2-8-22-13/h2-3,8-9,11H,4-7H2,1H3,(H,17,18,19). The molecular formula is C15H17ClN4O2. The van der Waals surface area contributed by atoms with Crippen molar-refractivity contribution in [3.05, 3.63) is 41.2 Å². The summed E-state index contributed by atoms with van der Waals surface area (Å²) in [5, 5.41) is 3.85. The van der Waals surface area contributed by atoms with E-state index in [2.05, 4.69) is 15.3 Å². The number of aromatic nitrogens is 2. The molecule has 1 saturated heterocycles. The van der Waals surface area contributed by atoms with E-state index in [0.717, 1.165) is 12.8 Å². The van der Waals surface area contributed by atoms with E-state index in [-0.39, 0.29) is 11.9 Å². The van der Waals surface area contributed by atoms with Crippen LogP contribution in [0.25, 0.3) is 0 Å². The highest BCUT2D eigenvalue weighted by atomic mass is 35.5. The molecule has 2 aromatic rings. The van der Waals surface area contributed by atoms with Crippen LogP contribution in [0.5, 0.6) is 0 Å². The minimum Gasteiger partial charge on any atom is -0.459 e. The molecule has 2 aromatic heterocycles. The highest BCUT2D eigenvalue weighted by Gasteiger charge is 2.25. The zero-order valence-electron chi connectivity index (χ0n) is 12.3. The second-order valence-corrected chi connectivity index (χ2v) is 5.71. The van der Waals surface area contributed by atoms with Crippen molar-refractivity contribution >= 4 is 23.3 Å². The molecule has 0 atom stereocenters. The second kappa shape index (κ2) is 6.36. The highest BCUT2D eigenvalue weighted by molar-refractivity contribution is 6.32. The summed E-state index contributed by atoms with van der Waals surface area (Å²) in [4.78, 5) is 22.4. The first-order valence-corrected chi connectivity index (χ1v) is 7.60. The van der Waals surface area contributed by atoms with Gasteiger partial charge in [-0.3, -0.25) is 4.79 Å². The molecule has 3 rings (SSSR count). The van der Waals surface area contributed by atoms with Gasteiger partial charge in [-0.15, -0.1) is 0 Å².